The standard InChI is InChI=1S/C16H13FN4O/c17-14-8-6-13(7-9-14)10-19-22-12-15-11-18-21(20-15)16-4-2-1-3-5-16/h1-11H,12H2. The molecule has 2 aromatic carbocycles. The van der Waals surface area contributed by atoms with E-state index in [0.717, 1.165) is 11.3 Å². The Morgan fingerprint density at radius 3 is 2.64 bits per heavy atom. The fourth-order valence-electron chi connectivity index (χ4n) is 1.80. The molecule has 0 aliphatic carbocycles. The minimum absolute atomic E-state index is 0.213. The summed E-state index contributed by atoms with van der Waals surface area (Å²) in [6.45, 7) is 0.213. The van der Waals surface area contributed by atoms with Gasteiger partial charge < -0.3 is 4.84 Å². The summed E-state index contributed by atoms with van der Waals surface area (Å²) < 4.78 is 12.7. The molecule has 3 aromatic rings. The summed E-state index contributed by atoms with van der Waals surface area (Å²) in [6, 6.07) is 15.6. The van der Waals surface area contributed by atoms with Crippen LogP contribution in [0, 0.1) is 5.82 Å². The minimum atomic E-state index is -0.282. The molecule has 0 bridgehead atoms. The van der Waals surface area contributed by atoms with Crippen LogP contribution in [-0.4, -0.2) is 21.2 Å². The quantitative estimate of drug-likeness (QED) is 0.537. The SMILES string of the molecule is Fc1ccc(C=NOCc2cnn(-c3ccccc3)n2)cc1. The molecular weight excluding hydrogens is 283 g/mol. The third kappa shape index (κ3) is 3.54. The Hall–Kier alpha value is -3.02. The largest absolute Gasteiger partial charge is 0.389 e. The predicted molar refractivity (Wildman–Crippen MR) is 80.1 cm³/mol. The Balaban J connectivity index is 1.56. The number of nitrogens with zero attached hydrogens (tertiary/aromatic N) is 4. The highest BCUT2D eigenvalue weighted by atomic mass is 19.1. The van der Waals surface area contributed by atoms with E-state index in [2.05, 4.69) is 15.4 Å². The molecular formula is C16H13FN4O. The molecule has 3 rings (SSSR count). The molecule has 0 spiro atoms. The third-order valence-corrected chi connectivity index (χ3v) is 2.89. The zero-order valence-corrected chi connectivity index (χ0v) is 11.6. The van der Waals surface area contributed by atoms with Gasteiger partial charge >= 0.3 is 0 Å². The summed E-state index contributed by atoms with van der Waals surface area (Å²) in [4.78, 5) is 6.69. The monoisotopic (exact) mass is 296 g/mol. The lowest BCUT2D eigenvalue weighted by Gasteiger charge is -1.98. The predicted octanol–water partition coefficient (Wildman–Crippen LogP) is 2.96. The van der Waals surface area contributed by atoms with Crippen LogP contribution in [0.15, 0.2) is 65.9 Å². The zero-order chi connectivity index (χ0) is 15.2. The van der Waals surface area contributed by atoms with Crippen molar-refractivity contribution in [2.75, 3.05) is 0 Å². The topological polar surface area (TPSA) is 52.3 Å². The molecule has 0 fully saturated rings. The number of para-hydroxylation sites is 1. The van der Waals surface area contributed by atoms with Crippen LogP contribution in [0.1, 0.15) is 11.3 Å². The highest BCUT2D eigenvalue weighted by molar-refractivity contribution is 5.78. The van der Waals surface area contributed by atoms with Crippen LogP contribution in [0.2, 0.25) is 0 Å². The first-order valence-electron chi connectivity index (χ1n) is 6.69. The van der Waals surface area contributed by atoms with Crippen molar-refractivity contribution < 1.29 is 9.23 Å². The third-order valence-electron chi connectivity index (χ3n) is 2.89. The maximum Gasteiger partial charge on any atom is 0.162 e. The fourth-order valence-corrected chi connectivity index (χ4v) is 1.80. The van der Waals surface area contributed by atoms with Gasteiger partial charge in [-0.2, -0.15) is 9.90 Å². The first kappa shape index (κ1) is 13.9. The Morgan fingerprint density at radius 2 is 1.86 bits per heavy atom. The van der Waals surface area contributed by atoms with Gasteiger partial charge in [0.1, 0.15) is 11.5 Å². The Kier molecular flexibility index (Phi) is 4.20. The average molecular weight is 296 g/mol. The van der Waals surface area contributed by atoms with Gasteiger partial charge in [0, 0.05) is 0 Å². The van der Waals surface area contributed by atoms with E-state index in [1.165, 1.54) is 23.1 Å². The number of rotatable bonds is 5. The van der Waals surface area contributed by atoms with E-state index in [-0.39, 0.29) is 12.4 Å². The van der Waals surface area contributed by atoms with Gasteiger partial charge in [-0.15, -0.1) is 5.10 Å². The molecule has 6 heteroatoms. The Morgan fingerprint density at radius 1 is 1.09 bits per heavy atom. The van der Waals surface area contributed by atoms with Gasteiger partial charge in [0.15, 0.2) is 6.61 Å². The van der Waals surface area contributed by atoms with E-state index < -0.39 is 0 Å². The first-order chi connectivity index (χ1) is 10.8. The Labute approximate surface area is 126 Å². The summed E-state index contributed by atoms with van der Waals surface area (Å²) in [5.41, 5.74) is 2.30. The van der Waals surface area contributed by atoms with Gasteiger partial charge in [0.25, 0.3) is 0 Å². The van der Waals surface area contributed by atoms with Crippen LogP contribution >= 0.6 is 0 Å². The van der Waals surface area contributed by atoms with E-state index in [1.807, 2.05) is 30.3 Å². The number of oxime groups is 1. The lowest BCUT2D eigenvalue weighted by atomic mass is 10.2. The molecule has 0 amide bonds. The van der Waals surface area contributed by atoms with Gasteiger partial charge in [-0.3, -0.25) is 0 Å². The number of halogens is 1. The van der Waals surface area contributed by atoms with Crippen molar-refractivity contribution in [3.63, 3.8) is 0 Å². The maximum atomic E-state index is 12.7. The minimum Gasteiger partial charge on any atom is -0.389 e. The van der Waals surface area contributed by atoms with E-state index in [9.17, 15) is 4.39 Å². The maximum absolute atomic E-state index is 12.7. The second kappa shape index (κ2) is 6.62. The summed E-state index contributed by atoms with van der Waals surface area (Å²) >= 11 is 0. The zero-order valence-electron chi connectivity index (χ0n) is 11.6. The fraction of sp³-hybridized carbons (Fsp3) is 0.0625. The molecule has 0 aliphatic heterocycles. The Bertz CT molecular complexity index is 753. The molecule has 0 unspecified atom stereocenters. The highest BCUT2D eigenvalue weighted by Crippen LogP contribution is 2.05. The van der Waals surface area contributed by atoms with Crippen LogP contribution in [0.5, 0.6) is 0 Å². The van der Waals surface area contributed by atoms with Crippen LogP contribution in [-0.2, 0) is 11.4 Å². The summed E-state index contributed by atoms with van der Waals surface area (Å²) in [5, 5.41) is 12.3. The molecule has 0 aliphatic rings. The summed E-state index contributed by atoms with van der Waals surface area (Å²) in [6.07, 6.45) is 3.14. The molecule has 1 heterocycles. The normalized spacial score (nSPS) is 11.0. The first-order valence-corrected chi connectivity index (χ1v) is 6.69. The van der Waals surface area contributed by atoms with Crippen molar-refractivity contribution in [3.8, 4) is 5.69 Å². The molecule has 22 heavy (non-hydrogen) atoms. The lowest BCUT2D eigenvalue weighted by Crippen LogP contribution is -1.99. The highest BCUT2D eigenvalue weighted by Gasteiger charge is 2.02. The molecule has 1 aromatic heterocycles. The van der Waals surface area contributed by atoms with Crippen molar-refractivity contribution in [1.29, 1.82) is 0 Å². The van der Waals surface area contributed by atoms with Gasteiger partial charge in [0.05, 0.1) is 18.1 Å². The molecule has 5 nitrogen and oxygen atoms in total. The van der Waals surface area contributed by atoms with E-state index in [4.69, 9.17) is 4.84 Å². The van der Waals surface area contributed by atoms with Gasteiger partial charge in [0.2, 0.25) is 0 Å². The molecule has 0 atom stereocenters. The van der Waals surface area contributed by atoms with Crippen molar-refractivity contribution in [3.05, 3.63) is 77.9 Å². The van der Waals surface area contributed by atoms with E-state index >= 15 is 0 Å². The smallest absolute Gasteiger partial charge is 0.162 e. The average Bonchev–Trinajstić information content (AvgIpc) is 3.03. The van der Waals surface area contributed by atoms with Gasteiger partial charge in [-0.05, 0) is 29.8 Å². The van der Waals surface area contributed by atoms with Gasteiger partial charge in [-0.25, -0.2) is 4.39 Å². The summed E-state index contributed by atoms with van der Waals surface area (Å²) in [7, 11) is 0. The number of hydrogen-bond donors (Lipinski definition) is 0. The second-order valence-corrected chi connectivity index (χ2v) is 4.52. The van der Waals surface area contributed by atoms with E-state index in [1.54, 1.807) is 18.3 Å². The lowest BCUT2D eigenvalue weighted by molar-refractivity contribution is 0.129. The molecule has 0 saturated heterocycles. The molecule has 0 saturated carbocycles. The number of hydrogen-bond acceptors (Lipinski definition) is 4. The summed E-state index contributed by atoms with van der Waals surface area (Å²) in [5.74, 6) is -0.282. The molecule has 0 radical (unpaired) electrons. The van der Waals surface area contributed by atoms with Gasteiger partial charge in [-0.1, -0.05) is 35.5 Å². The molecule has 0 N–H and O–H groups in total. The van der Waals surface area contributed by atoms with E-state index in [0.29, 0.717) is 5.69 Å². The molecule has 110 valence electrons. The van der Waals surface area contributed by atoms with Crippen molar-refractivity contribution in [2.24, 2.45) is 5.16 Å². The van der Waals surface area contributed by atoms with Crippen LogP contribution < -0.4 is 0 Å². The van der Waals surface area contributed by atoms with Crippen LogP contribution in [0.4, 0.5) is 4.39 Å². The van der Waals surface area contributed by atoms with Crippen LogP contribution in [0.3, 0.4) is 0 Å². The number of benzene rings is 2. The second-order valence-electron chi connectivity index (χ2n) is 4.52. The van der Waals surface area contributed by atoms with Crippen molar-refractivity contribution >= 4 is 6.21 Å². The number of aromatic nitrogens is 3. The van der Waals surface area contributed by atoms with Crippen LogP contribution in [0.25, 0.3) is 5.69 Å². The van der Waals surface area contributed by atoms with Crippen molar-refractivity contribution in [2.45, 2.75) is 6.61 Å². The van der Waals surface area contributed by atoms with Crippen molar-refractivity contribution in [1.82, 2.24) is 15.0 Å².